The molecule has 0 N–H and O–H groups in total. The molecule has 1 atom stereocenters. The second-order valence-electron chi connectivity index (χ2n) is 2.55. The SMILES string of the molecule is CCOC(=O)C(C)(F)C(=O)C(F)(F)F. The molecule has 0 rings (SSSR count). The maximum absolute atomic E-state index is 13.0. The maximum atomic E-state index is 13.0. The van der Waals surface area contributed by atoms with E-state index < -0.39 is 23.6 Å². The minimum Gasteiger partial charge on any atom is -0.463 e. The zero-order valence-corrected chi connectivity index (χ0v) is 7.44. The van der Waals surface area contributed by atoms with Gasteiger partial charge in [0, 0.05) is 0 Å². The van der Waals surface area contributed by atoms with Gasteiger partial charge in [-0.25, -0.2) is 9.18 Å². The van der Waals surface area contributed by atoms with Crippen molar-refractivity contribution in [3.8, 4) is 0 Å². The van der Waals surface area contributed by atoms with Gasteiger partial charge < -0.3 is 4.74 Å². The van der Waals surface area contributed by atoms with Crippen molar-refractivity contribution >= 4 is 11.8 Å². The minimum absolute atomic E-state index is 0.223. The molecule has 3 nitrogen and oxygen atoms in total. The molecule has 0 aromatic rings. The second-order valence-corrected chi connectivity index (χ2v) is 2.55. The molecular formula is C7H8F4O3. The third-order valence-electron chi connectivity index (χ3n) is 1.34. The van der Waals surface area contributed by atoms with E-state index >= 15 is 0 Å². The van der Waals surface area contributed by atoms with Crippen LogP contribution in [0.25, 0.3) is 0 Å². The van der Waals surface area contributed by atoms with Crippen LogP contribution in [0.4, 0.5) is 17.6 Å². The molecule has 0 saturated carbocycles. The number of rotatable bonds is 3. The predicted octanol–water partition coefficient (Wildman–Crippen LogP) is 1.41. The number of ether oxygens (including phenoxy) is 1. The van der Waals surface area contributed by atoms with Crippen LogP contribution in [0.2, 0.25) is 0 Å². The molecule has 0 aromatic heterocycles. The van der Waals surface area contributed by atoms with E-state index in [4.69, 9.17) is 0 Å². The van der Waals surface area contributed by atoms with E-state index in [0.717, 1.165) is 0 Å². The van der Waals surface area contributed by atoms with Crippen LogP contribution in [0.3, 0.4) is 0 Å². The van der Waals surface area contributed by atoms with Crippen molar-refractivity contribution < 1.29 is 31.9 Å². The predicted molar refractivity (Wildman–Crippen MR) is 37.2 cm³/mol. The Bertz CT molecular complexity index is 244. The van der Waals surface area contributed by atoms with Crippen molar-refractivity contribution in [2.24, 2.45) is 0 Å². The van der Waals surface area contributed by atoms with Gasteiger partial charge in [0.2, 0.25) is 0 Å². The van der Waals surface area contributed by atoms with Crippen molar-refractivity contribution in [3.63, 3.8) is 0 Å². The summed E-state index contributed by atoms with van der Waals surface area (Å²) in [5.41, 5.74) is -3.67. The minimum atomic E-state index is -5.39. The number of carbonyl (C=O) groups excluding carboxylic acids is 2. The summed E-state index contributed by atoms with van der Waals surface area (Å²) in [6, 6.07) is 0. The largest absolute Gasteiger partial charge is 0.463 e. The van der Waals surface area contributed by atoms with Gasteiger partial charge >= 0.3 is 12.1 Å². The van der Waals surface area contributed by atoms with Crippen LogP contribution in [0, 0.1) is 0 Å². The lowest BCUT2D eigenvalue weighted by Crippen LogP contribution is -2.47. The first-order chi connectivity index (χ1) is 6.14. The molecule has 0 fully saturated rings. The molecular weight excluding hydrogens is 208 g/mol. The van der Waals surface area contributed by atoms with Crippen LogP contribution in [0.5, 0.6) is 0 Å². The summed E-state index contributed by atoms with van der Waals surface area (Å²) in [4.78, 5) is 21.0. The van der Waals surface area contributed by atoms with Crippen LogP contribution in [-0.2, 0) is 14.3 Å². The Balaban J connectivity index is 4.79. The van der Waals surface area contributed by atoms with Crippen molar-refractivity contribution in [1.29, 1.82) is 0 Å². The number of hydrogen-bond donors (Lipinski definition) is 0. The summed E-state index contributed by atoms with van der Waals surface area (Å²) in [5.74, 6) is -4.59. The number of halogens is 4. The van der Waals surface area contributed by atoms with Gasteiger partial charge in [0.1, 0.15) is 0 Å². The van der Waals surface area contributed by atoms with E-state index in [0.29, 0.717) is 0 Å². The van der Waals surface area contributed by atoms with E-state index in [9.17, 15) is 27.2 Å². The average Bonchev–Trinajstić information content (AvgIpc) is 2.01. The molecule has 0 heterocycles. The highest BCUT2D eigenvalue weighted by Crippen LogP contribution is 2.27. The summed E-state index contributed by atoms with van der Waals surface area (Å²) >= 11 is 0. The van der Waals surface area contributed by atoms with Gasteiger partial charge in [0.05, 0.1) is 6.61 Å². The maximum Gasteiger partial charge on any atom is 0.454 e. The smallest absolute Gasteiger partial charge is 0.454 e. The Morgan fingerprint density at radius 3 is 1.93 bits per heavy atom. The number of esters is 1. The zero-order chi connectivity index (χ0) is 11.6. The van der Waals surface area contributed by atoms with Gasteiger partial charge in [0.15, 0.2) is 0 Å². The highest BCUT2D eigenvalue weighted by atomic mass is 19.4. The average molecular weight is 216 g/mol. The van der Waals surface area contributed by atoms with Gasteiger partial charge in [-0.05, 0) is 13.8 Å². The van der Waals surface area contributed by atoms with Gasteiger partial charge in [0.25, 0.3) is 11.5 Å². The van der Waals surface area contributed by atoms with Gasteiger partial charge in [-0.3, -0.25) is 4.79 Å². The molecule has 0 radical (unpaired) electrons. The first kappa shape index (κ1) is 12.9. The fourth-order valence-corrected chi connectivity index (χ4v) is 0.625. The van der Waals surface area contributed by atoms with Crippen molar-refractivity contribution in [1.82, 2.24) is 0 Å². The highest BCUT2D eigenvalue weighted by Gasteiger charge is 2.56. The second kappa shape index (κ2) is 3.93. The first-order valence-electron chi connectivity index (χ1n) is 3.61. The molecule has 14 heavy (non-hydrogen) atoms. The fraction of sp³-hybridized carbons (Fsp3) is 0.714. The summed E-state index contributed by atoms with van der Waals surface area (Å²) in [6.45, 7) is 1.20. The van der Waals surface area contributed by atoms with Crippen LogP contribution in [0.15, 0.2) is 0 Å². The Morgan fingerprint density at radius 2 is 1.64 bits per heavy atom. The standard InChI is InChI=1S/C7H8F4O3/c1-3-14-5(13)6(2,8)4(12)7(9,10)11/h3H2,1-2H3. The van der Waals surface area contributed by atoms with Gasteiger partial charge in [-0.2, -0.15) is 13.2 Å². The Labute approximate surface area is 77.0 Å². The quantitative estimate of drug-likeness (QED) is 0.407. The summed E-state index contributed by atoms with van der Waals surface area (Å²) in [7, 11) is 0. The molecule has 0 aliphatic carbocycles. The molecule has 82 valence electrons. The van der Waals surface area contributed by atoms with E-state index in [2.05, 4.69) is 4.74 Å². The van der Waals surface area contributed by atoms with Crippen molar-refractivity contribution in [3.05, 3.63) is 0 Å². The number of alkyl halides is 4. The number of Topliss-reactive ketones (excluding diaryl/α,β-unsaturated/α-hetero) is 1. The molecule has 0 bridgehead atoms. The Hall–Kier alpha value is -1.14. The lowest BCUT2D eigenvalue weighted by atomic mass is 10.0. The molecule has 1 unspecified atom stereocenters. The molecule has 0 saturated heterocycles. The van der Waals surface area contributed by atoms with Crippen molar-refractivity contribution in [2.75, 3.05) is 6.61 Å². The molecule has 0 amide bonds. The van der Waals surface area contributed by atoms with Gasteiger partial charge in [-0.1, -0.05) is 0 Å². The molecule has 0 spiro atoms. The number of ketones is 1. The molecule has 0 aliphatic rings. The monoisotopic (exact) mass is 216 g/mol. The van der Waals surface area contributed by atoms with Crippen LogP contribution in [0.1, 0.15) is 13.8 Å². The summed E-state index contributed by atoms with van der Waals surface area (Å²) in [5, 5.41) is 0. The third-order valence-corrected chi connectivity index (χ3v) is 1.34. The molecule has 7 heteroatoms. The molecule has 0 aliphatic heterocycles. The van der Waals surface area contributed by atoms with Crippen molar-refractivity contribution in [2.45, 2.75) is 25.7 Å². The van der Waals surface area contributed by atoms with E-state index in [1.165, 1.54) is 6.92 Å². The van der Waals surface area contributed by atoms with Crippen LogP contribution in [-0.4, -0.2) is 30.2 Å². The third kappa shape index (κ3) is 2.68. The summed E-state index contributed by atoms with van der Waals surface area (Å²) < 4.78 is 52.2. The fourth-order valence-electron chi connectivity index (χ4n) is 0.625. The Morgan fingerprint density at radius 1 is 1.21 bits per heavy atom. The molecule has 0 aromatic carbocycles. The van der Waals surface area contributed by atoms with Crippen LogP contribution < -0.4 is 0 Å². The normalized spacial score (nSPS) is 15.9. The van der Waals surface area contributed by atoms with E-state index in [1.54, 1.807) is 0 Å². The number of carbonyl (C=O) groups is 2. The number of hydrogen-bond acceptors (Lipinski definition) is 3. The topological polar surface area (TPSA) is 43.4 Å². The van der Waals surface area contributed by atoms with Gasteiger partial charge in [-0.15, -0.1) is 0 Å². The lowest BCUT2D eigenvalue weighted by molar-refractivity contribution is -0.190. The highest BCUT2D eigenvalue weighted by molar-refractivity contribution is 6.09. The van der Waals surface area contributed by atoms with Crippen LogP contribution >= 0.6 is 0 Å². The van der Waals surface area contributed by atoms with E-state index in [1.807, 2.05) is 0 Å². The first-order valence-corrected chi connectivity index (χ1v) is 3.61. The zero-order valence-electron chi connectivity index (χ0n) is 7.44. The van der Waals surface area contributed by atoms with E-state index in [-0.39, 0.29) is 13.5 Å². The summed E-state index contributed by atoms with van der Waals surface area (Å²) in [6.07, 6.45) is -5.39. The Kier molecular flexibility index (Phi) is 3.61. The lowest BCUT2D eigenvalue weighted by Gasteiger charge is -2.17.